The third-order valence-electron chi connectivity index (χ3n) is 9.44. The molecular formula is C41H42N6O6S3. The number of fused-ring (bicyclic) bond motifs is 5. The number of hydrogen-bond donors (Lipinski definition) is 3. The minimum Gasteiger partial charge on any atom is -0.493 e. The molecule has 0 bridgehead atoms. The third-order valence-corrected chi connectivity index (χ3v) is 13.2. The van der Waals surface area contributed by atoms with E-state index < -0.39 is 0 Å². The quantitative estimate of drug-likeness (QED) is 0.0755. The average Bonchev–Trinajstić information content (AvgIpc) is 3.86. The number of carbonyl (C=O) groups is 4. The number of aryl methyl sites for hydroxylation is 1. The van der Waals surface area contributed by atoms with Gasteiger partial charge in [-0.2, -0.15) is 0 Å². The number of methoxy groups -OCH3 is 1. The second-order valence-corrected chi connectivity index (χ2v) is 18.3. The predicted octanol–water partition coefficient (Wildman–Crippen LogP) is 8.11. The van der Waals surface area contributed by atoms with E-state index in [2.05, 4.69) is 34.8 Å². The standard InChI is InChI=1S/C41H42N6O6S3/c1-41(2,56-54-5)23-43-39(50)36-17-25-15-26(12-13-35(25)55-36)45-38(49)32-18-27(22-46(32)3)44-37(48)11-8-14-53-34-20-30-29(19-33(34)52-4)40(51)47-28(21-42-30)16-24-9-6-7-10-31(24)47/h6-7,9-10,12-13,15,17-22,28H,8,11,14,16,23H2,1-5H3,(H,43,50)(H,44,48)(H,45,49)/t28-/m0/s1. The zero-order valence-corrected chi connectivity index (χ0v) is 34.1. The van der Waals surface area contributed by atoms with Crippen molar-refractivity contribution in [1.29, 1.82) is 0 Å². The topological polar surface area (TPSA) is 143 Å². The number of amides is 4. The van der Waals surface area contributed by atoms with E-state index in [0.717, 1.165) is 21.3 Å². The molecule has 3 aromatic carbocycles. The van der Waals surface area contributed by atoms with Gasteiger partial charge in [0.2, 0.25) is 5.91 Å². The van der Waals surface area contributed by atoms with Gasteiger partial charge in [0.1, 0.15) is 5.69 Å². The predicted molar refractivity (Wildman–Crippen MR) is 228 cm³/mol. The zero-order valence-electron chi connectivity index (χ0n) is 31.6. The highest BCUT2D eigenvalue weighted by atomic mass is 33.1. The fourth-order valence-corrected chi connectivity index (χ4v) is 9.82. The molecule has 56 heavy (non-hydrogen) atoms. The Balaban J connectivity index is 0.911. The number of para-hydroxylation sites is 1. The number of carbonyl (C=O) groups excluding carboxylic acids is 4. The highest BCUT2D eigenvalue weighted by molar-refractivity contribution is 8.77. The molecule has 0 fully saturated rings. The van der Waals surface area contributed by atoms with Crippen LogP contribution in [0.4, 0.5) is 22.7 Å². The van der Waals surface area contributed by atoms with E-state index in [1.165, 1.54) is 18.4 Å². The maximum Gasteiger partial charge on any atom is 0.272 e. The van der Waals surface area contributed by atoms with Crippen molar-refractivity contribution in [2.45, 2.75) is 43.9 Å². The van der Waals surface area contributed by atoms with Gasteiger partial charge < -0.3 is 30.0 Å². The molecular weight excluding hydrogens is 769 g/mol. The van der Waals surface area contributed by atoms with E-state index in [0.29, 0.717) is 64.1 Å². The highest BCUT2D eigenvalue weighted by Crippen LogP contribution is 2.41. The first-order chi connectivity index (χ1) is 26.9. The molecule has 7 rings (SSSR count). The lowest BCUT2D eigenvalue weighted by Gasteiger charge is -2.22. The fourth-order valence-electron chi connectivity index (χ4n) is 6.75. The Labute approximate surface area is 336 Å². The Morgan fingerprint density at radius 2 is 1.82 bits per heavy atom. The van der Waals surface area contributed by atoms with Crippen molar-refractivity contribution >= 4 is 95.6 Å². The average molecular weight is 811 g/mol. The van der Waals surface area contributed by atoms with E-state index in [1.807, 2.05) is 48.7 Å². The monoisotopic (exact) mass is 810 g/mol. The van der Waals surface area contributed by atoms with Crippen molar-refractivity contribution < 1.29 is 28.7 Å². The lowest BCUT2D eigenvalue weighted by atomic mass is 10.1. The first kappa shape index (κ1) is 39.0. The molecule has 1 atom stereocenters. The molecule has 3 N–H and O–H groups in total. The lowest BCUT2D eigenvalue weighted by Crippen LogP contribution is -2.37. The van der Waals surface area contributed by atoms with Crippen molar-refractivity contribution in [1.82, 2.24) is 9.88 Å². The number of benzene rings is 3. The molecule has 2 aliphatic heterocycles. The molecule has 4 amide bonds. The van der Waals surface area contributed by atoms with E-state index >= 15 is 0 Å². The van der Waals surface area contributed by atoms with Crippen LogP contribution in [0.5, 0.6) is 11.5 Å². The largest absolute Gasteiger partial charge is 0.493 e. The fraction of sp³-hybridized carbons (Fsp3) is 0.293. The van der Waals surface area contributed by atoms with Crippen LogP contribution >= 0.6 is 32.9 Å². The van der Waals surface area contributed by atoms with Crippen molar-refractivity contribution in [2.75, 3.05) is 42.1 Å². The second kappa shape index (κ2) is 16.5. The zero-order chi connectivity index (χ0) is 39.6. The summed E-state index contributed by atoms with van der Waals surface area (Å²) >= 11 is 1.41. The van der Waals surface area contributed by atoms with Crippen LogP contribution in [0, 0.1) is 0 Å². The molecule has 4 heterocycles. The van der Waals surface area contributed by atoms with Gasteiger partial charge in [-0.3, -0.25) is 29.1 Å². The molecule has 0 saturated carbocycles. The van der Waals surface area contributed by atoms with Crippen LogP contribution in [0.1, 0.15) is 62.8 Å². The Morgan fingerprint density at radius 1 is 1.00 bits per heavy atom. The van der Waals surface area contributed by atoms with Gasteiger partial charge in [-0.15, -0.1) is 11.3 Å². The summed E-state index contributed by atoms with van der Waals surface area (Å²) in [7, 11) is 6.64. The number of rotatable bonds is 14. The van der Waals surface area contributed by atoms with Gasteiger partial charge >= 0.3 is 0 Å². The van der Waals surface area contributed by atoms with E-state index in [1.54, 1.807) is 74.8 Å². The summed E-state index contributed by atoms with van der Waals surface area (Å²) in [6.07, 6.45) is 6.79. The number of nitrogens with zero attached hydrogens (tertiary/aromatic N) is 3. The van der Waals surface area contributed by atoms with Gasteiger partial charge in [0, 0.05) is 65.7 Å². The van der Waals surface area contributed by atoms with E-state index in [4.69, 9.17) is 9.47 Å². The van der Waals surface area contributed by atoms with Gasteiger partial charge in [0.15, 0.2) is 11.5 Å². The molecule has 0 radical (unpaired) electrons. The summed E-state index contributed by atoms with van der Waals surface area (Å²) in [5.41, 5.74) is 4.37. The molecule has 0 aliphatic carbocycles. The number of hydrogen-bond acceptors (Lipinski definition) is 10. The number of ether oxygens (including phenoxy) is 2. The van der Waals surface area contributed by atoms with Crippen LogP contribution in [0.25, 0.3) is 10.1 Å². The highest BCUT2D eigenvalue weighted by Gasteiger charge is 2.36. The summed E-state index contributed by atoms with van der Waals surface area (Å²) in [6.45, 7) is 4.95. The van der Waals surface area contributed by atoms with E-state index in [-0.39, 0.29) is 47.4 Å². The molecule has 290 valence electrons. The summed E-state index contributed by atoms with van der Waals surface area (Å²) in [5.74, 6) is -0.000987. The van der Waals surface area contributed by atoms with E-state index in [9.17, 15) is 19.2 Å². The maximum absolute atomic E-state index is 13.7. The van der Waals surface area contributed by atoms with Gasteiger partial charge in [0.25, 0.3) is 17.7 Å². The third kappa shape index (κ3) is 8.44. The van der Waals surface area contributed by atoms with Gasteiger partial charge in [-0.05, 0) is 79.9 Å². The molecule has 5 aromatic rings. The van der Waals surface area contributed by atoms with Crippen LogP contribution < -0.4 is 30.3 Å². The first-order valence-corrected chi connectivity index (χ1v) is 21.4. The van der Waals surface area contributed by atoms with Gasteiger partial charge in [0.05, 0.1) is 41.6 Å². The van der Waals surface area contributed by atoms with Crippen LogP contribution in [-0.4, -0.2) is 71.7 Å². The van der Waals surface area contributed by atoms with Crippen LogP contribution in [0.15, 0.2) is 77.9 Å². The number of aromatic nitrogens is 1. The Hall–Kier alpha value is -5.25. The molecule has 2 aliphatic rings. The number of aliphatic imine (C=N–C) groups is 1. The van der Waals surface area contributed by atoms with Crippen molar-refractivity contribution in [3.63, 3.8) is 0 Å². The second-order valence-electron chi connectivity index (χ2n) is 14.1. The molecule has 0 unspecified atom stereocenters. The van der Waals surface area contributed by atoms with Crippen molar-refractivity contribution in [3.8, 4) is 11.5 Å². The van der Waals surface area contributed by atoms with Crippen LogP contribution in [0.2, 0.25) is 0 Å². The smallest absolute Gasteiger partial charge is 0.272 e. The minimum atomic E-state index is -0.339. The Kier molecular flexibility index (Phi) is 11.5. The lowest BCUT2D eigenvalue weighted by molar-refractivity contribution is -0.116. The maximum atomic E-state index is 13.7. The Bertz CT molecular complexity index is 2370. The van der Waals surface area contributed by atoms with Gasteiger partial charge in [-0.1, -0.05) is 39.8 Å². The molecule has 2 aromatic heterocycles. The summed E-state index contributed by atoms with van der Waals surface area (Å²) in [4.78, 5) is 59.7. The summed E-state index contributed by atoms with van der Waals surface area (Å²) < 4.78 is 14.1. The van der Waals surface area contributed by atoms with Crippen molar-refractivity contribution in [3.05, 3.63) is 94.6 Å². The summed E-state index contributed by atoms with van der Waals surface area (Å²) in [6, 6.07) is 20.1. The SMILES string of the molecule is COc1cc2c(cc1OCCCC(=O)Nc1cc(C(=O)Nc3ccc4sc(C(=O)NCC(C)(C)SSC)cc4c3)n(C)c1)N=C[C@@H]1Cc3ccccc3N1C2=O. The summed E-state index contributed by atoms with van der Waals surface area (Å²) in [5, 5.41) is 9.68. The number of thiophene rings is 1. The molecule has 12 nitrogen and oxygen atoms in total. The molecule has 0 spiro atoms. The van der Waals surface area contributed by atoms with Crippen LogP contribution in [-0.2, 0) is 18.3 Å². The molecule has 15 heteroatoms. The Morgan fingerprint density at radius 3 is 2.62 bits per heavy atom. The van der Waals surface area contributed by atoms with Crippen molar-refractivity contribution in [2.24, 2.45) is 12.0 Å². The minimum absolute atomic E-state index is 0.0925. The van der Waals surface area contributed by atoms with Crippen LogP contribution in [0.3, 0.4) is 0 Å². The molecule has 0 saturated heterocycles. The number of nitrogens with one attached hydrogen (secondary N) is 3. The number of anilines is 3. The first-order valence-electron chi connectivity index (χ1n) is 18.0. The normalized spacial score (nSPS) is 14.5. The van der Waals surface area contributed by atoms with Gasteiger partial charge in [-0.25, -0.2) is 0 Å².